The molecule has 130 valence electrons. The third-order valence-corrected chi connectivity index (χ3v) is 4.83. The van der Waals surface area contributed by atoms with Crippen molar-refractivity contribution in [1.82, 2.24) is 10.2 Å². The molecule has 0 aliphatic heterocycles. The van der Waals surface area contributed by atoms with E-state index in [1.165, 1.54) is 4.88 Å². The predicted octanol–water partition coefficient (Wildman–Crippen LogP) is 3.15. The molecule has 5 nitrogen and oxygen atoms in total. The lowest BCUT2D eigenvalue weighted by atomic mass is 10.3. The molecule has 0 aliphatic rings. The molecule has 0 saturated heterocycles. The zero-order valence-electron chi connectivity index (χ0n) is 13.8. The Morgan fingerprint density at radius 2 is 2.00 bits per heavy atom. The van der Waals surface area contributed by atoms with Crippen LogP contribution in [0.5, 0.6) is 11.5 Å². The lowest BCUT2D eigenvalue weighted by Crippen LogP contribution is -2.36. The fourth-order valence-electron chi connectivity index (χ4n) is 2.15. The highest BCUT2D eigenvalue weighted by molar-refractivity contribution is 9.11. The molecular weight excluding hydrogens is 392 g/mol. The molecule has 2 rings (SSSR count). The molecule has 0 saturated carbocycles. The molecule has 0 bridgehead atoms. The monoisotopic (exact) mass is 412 g/mol. The Bertz CT molecular complexity index is 663. The lowest BCUT2D eigenvalue weighted by molar-refractivity contribution is -0.122. The summed E-state index contributed by atoms with van der Waals surface area (Å²) >= 11 is 5.12. The first-order chi connectivity index (χ1) is 11.6. The third-order valence-electron chi connectivity index (χ3n) is 3.22. The summed E-state index contributed by atoms with van der Waals surface area (Å²) in [6.07, 6.45) is 0. The van der Waals surface area contributed by atoms with Gasteiger partial charge in [-0.2, -0.15) is 0 Å². The number of ether oxygens (including phenoxy) is 2. The van der Waals surface area contributed by atoms with E-state index < -0.39 is 0 Å². The number of carbonyl (C=O) groups is 1. The van der Waals surface area contributed by atoms with Gasteiger partial charge in [0.05, 0.1) is 24.0 Å². The molecule has 1 N–H and O–H groups in total. The van der Waals surface area contributed by atoms with Gasteiger partial charge in [0.2, 0.25) is 5.91 Å². The molecule has 7 heteroatoms. The van der Waals surface area contributed by atoms with E-state index in [0.717, 1.165) is 10.3 Å². The van der Waals surface area contributed by atoms with E-state index in [9.17, 15) is 4.79 Å². The second-order valence-electron chi connectivity index (χ2n) is 5.23. The van der Waals surface area contributed by atoms with Crippen LogP contribution in [0.2, 0.25) is 0 Å². The number of nitrogens with one attached hydrogen (secondary N) is 1. The first-order valence-corrected chi connectivity index (χ1v) is 9.14. The zero-order chi connectivity index (χ0) is 17.4. The summed E-state index contributed by atoms with van der Waals surface area (Å²) in [6.45, 7) is 1.95. The van der Waals surface area contributed by atoms with Crippen LogP contribution in [0.4, 0.5) is 0 Å². The molecule has 0 fully saturated rings. The van der Waals surface area contributed by atoms with Gasteiger partial charge in [-0.3, -0.25) is 9.69 Å². The Labute approximate surface area is 154 Å². The van der Waals surface area contributed by atoms with Crippen molar-refractivity contribution in [3.8, 4) is 11.5 Å². The highest BCUT2D eigenvalue weighted by atomic mass is 79.9. The zero-order valence-corrected chi connectivity index (χ0v) is 16.2. The average molecular weight is 413 g/mol. The summed E-state index contributed by atoms with van der Waals surface area (Å²) in [6, 6.07) is 11.5. The van der Waals surface area contributed by atoms with Crippen LogP contribution in [0.25, 0.3) is 0 Å². The molecule has 0 aliphatic carbocycles. The number of carbonyl (C=O) groups excluding carboxylic acids is 1. The van der Waals surface area contributed by atoms with Crippen molar-refractivity contribution >= 4 is 33.2 Å². The van der Waals surface area contributed by atoms with E-state index in [1.54, 1.807) is 18.4 Å². The minimum atomic E-state index is -0.0169. The third kappa shape index (κ3) is 6.14. The van der Waals surface area contributed by atoms with Gasteiger partial charge in [-0.25, -0.2) is 0 Å². The smallest absolute Gasteiger partial charge is 0.234 e. The maximum absolute atomic E-state index is 11.9. The summed E-state index contributed by atoms with van der Waals surface area (Å²) in [5.74, 6) is 1.34. The van der Waals surface area contributed by atoms with Crippen LogP contribution in [0.3, 0.4) is 0 Å². The Morgan fingerprint density at radius 3 is 2.67 bits per heavy atom. The number of hydrogen-bond acceptors (Lipinski definition) is 5. The second-order valence-corrected chi connectivity index (χ2v) is 7.77. The molecule has 2 aromatic rings. The van der Waals surface area contributed by atoms with Crippen molar-refractivity contribution < 1.29 is 14.3 Å². The van der Waals surface area contributed by atoms with Gasteiger partial charge in [-0.1, -0.05) is 12.1 Å². The summed E-state index contributed by atoms with van der Waals surface area (Å²) in [4.78, 5) is 15.1. The quantitative estimate of drug-likeness (QED) is 0.642. The Hall–Kier alpha value is -1.57. The van der Waals surface area contributed by atoms with E-state index in [4.69, 9.17) is 9.47 Å². The van der Waals surface area contributed by atoms with Gasteiger partial charge < -0.3 is 14.8 Å². The number of hydrogen-bond donors (Lipinski definition) is 1. The number of halogens is 1. The second kappa shape index (κ2) is 9.66. The molecule has 1 amide bonds. The van der Waals surface area contributed by atoms with Crippen LogP contribution in [0.1, 0.15) is 4.88 Å². The van der Waals surface area contributed by atoms with E-state index in [1.807, 2.05) is 42.3 Å². The molecule has 1 heterocycles. The van der Waals surface area contributed by atoms with E-state index in [2.05, 4.69) is 27.3 Å². The largest absolute Gasteiger partial charge is 0.493 e. The highest BCUT2D eigenvalue weighted by Gasteiger charge is 2.08. The number of methoxy groups -OCH3 is 1. The minimum Gasteiger partial charge on any atom is -0.493 e. The fourth-order valence-corrected chi connectivity index (χ4v) is 3.71. The first kappa shape index (κ1) is 18.8. The number of nitrogens with zero attached hydrogens (tertiary/aromatic N) is 1. The normalized spacial score (nSPS) is 10.7. The van der Waals surface area contributed by atoms with Crippen molar-refractivity contribution in [3.05, 3.63) is 45.1 Å². The van der Waals surface area contributed by atoms with Crippen molar-refractivity contribution in [2.75, 3.05) is 33.9 Å². The molecule has 0 radical (unpaired) electrons. The van der Waals surface area contributed by atoms with Crippen LogP contribution in [0.15, 0.2) is 40.2 Å². The topological polar surface area (TPSA) is 50.8 Å². The number of thiophene rings is 1. The molecule has 0 spiro atoms. The number of rotatable bonds is 9. The summed E-state index contributed by atoms with van der Waals surface area (Å²) in [5, 5.41) is 2.86. The maximum Gasteiger partial charge on any atom is 0.234 e. The number of para-hydroxylation sites is 2. The number of likely N-dealkylation sites (N-methyl/N-ethyl adjacent to an activating group) is 1. The standard InChI is InChI=1S/C17H21BrN2O3S/c1-20(11-13-7-8-16(18)24-13)12-17(21)19-9-10-23-15-6-4-3-5-14(15)22-2/h3-8H,9-12H2,1-2H3,(H,19,21). The van der Waals surface area contributed by atoms with Crippen molar-refractivity contribution in [2.45, 2.75) is 6.54 Å². The maximum atomic E-state index is 11.9. The number of benzene rings is 1. The van der Waals surface area contributed by atoms with Crippen LogP contribution >= 0.6 is 27.3 Å². The highest BCUT2D eigenvalue weighted by Crippen LogP contribution is 2.25. The molecular formula is C17H21BrN2O3S. The van der Waals surface area contributed by atoms with Gasteiger partial charge >= 0.3 is 0 Å². The fraction of sp³-hybridized carbons (Fsp3) is 0.353. The first-order valence-electron chi connectivity index (χ1n) is 7.53. The molecule has 0 unspecified atom stereocenters. The summed E-state index contributed by atoms with van der Waals surface area (Å²) in [5.41, 5.74) is 0. The Kier molecular flexibility index (Phi) is 7.55. The van der Waals surface area contributed by atoms with Crippen LogP contribution in [-0.2, 0) is 11.3 Å². The van der Waals surface area contributed by atoms with Gasteiger partial charge in [-0.15, -0.1) is 11.3 Å². The van der Waals surface area contributed by atoms with Crippen molar-refractivity contribution in [3.63, 3.8) is 0 Å². The van der Waals surface area contributed by atoms with E-state index >= 15 is 0 Å². The molecule has 1 aromatic carbocycles. The van der Waals surface area contributed by atoms with Crippen LogP contribution in [0, 0.1) is 0 Å². The van der Waals surface area contributed by atoms with Gasteiger partial charge in [0.1, 0.15) is 6.61 Å². The molecule has 1 aromatic heterocycles. The summed E-state index contributed by atoms with van der Waals surface area (Å²) in [7, 11) is 3.53. The van der Waals surface area contributed by atoms with Crippen molar-refractivity contribution in [1.29, 1.82) is 0 Å². The predicted molar refractivity (Wildman–Crippen MR) is 99.9 cm³/mol. The molecule has 24 heavy (non-hydrogen) atoms. The van der Waals surface area contributed by atoms with E-state index in [-0.39, 0.29) is 5.91 Å². The average Bonchev–Trinajstić information content (AvgIpc) is 2.96. The minimum absolute atomic E-state index is 0.0169. The van der Waals surface area contributed by atoms with Gasteiger partial charge in [0.25, 0.3) is 0 Å². The Balaban J connectivity index is 1.66. The molecule has 0 atom stereocenters. The van der Waals surface area contributed by atoms with Gasteiger partial charge in [-0.05, 0) is 47.2 Å². The van der Waals surface area contributed by atoms with Crippen molar-refractivity contribution in [2.24, 2.45) is 0 Å². The van der Waals surface area contributed by atoms with Gasteiger partial charge in [0, 0.05) is 11.4 Å². The van der Waals surface area contributed by atoms with Crippen LogP contribution < -0.4 is 14.8 Å². The Morgan fingerprint density at radius 1 is 1.25 bits per heavy atom. The lowest BCUT2D eigenvalue weighted by Gasteiger charge is -2.15. The number of amides is 1. The summed E-state index contributed by atoms with van der Waals surface area (Å²) < 4.78 is 11.9. The van der Waals surface area contributed by atoms with E-state index in [0.29, 0.717) is 31.2 Å². The van der Waals surface area contributed by atoms with Crippen LogP contribution in [-0.4, -0.2) is 44.7 Å². The van der Waals surface area contributed by atoms with Gasteiger partial charge in [0.15, 0.2) is 11.5 Å². The SMILES string of the molecule is COc1ccccc1OCCNC(=O)CN(C)Cc1ccc(Br)s1.